The van der Waals surface area contributed by atoms with Gasteiger partial charge < -0.3 is 10.6 Å². The van der Waals surface area contributed by atoms with E-state index in [9.17, 15) is 31.5 Å². The number of rotatable bonds is 8. The summed E-state index contributed by atoms with van der Waals surface area (Å²) in [7, 11) is 1.37. The monoisotopic (exact) mass is 622 g/mol. The third kappa shape index (κ3) is 6.76. The minimum atomic E-state index is -4.62. The normalized spacial score (nSPS) is 15.7. The van der Waals surface area contributed by atoms with E-state index in [1.54, 1.807) is 18.2 Å². The number of halogens is 6. The van der Waals surface area contributed by atoms with Crippen LogP contribution in [0.15, 0.2) is 76.6 Å². The van der Waals surface area contributed by atoms with E-state index in [0.29, 0.717) is 22.4 Å². The lowest BCUT2D eigenvalue weighted by molar-refractivity contribution is -0.521. The Morgan fingerprint density at radius 1 is 1.10 bits per heavy atom. The minimum absolute atomic E-state index is 0.0155. The Kier molecular flexibility index (Phi) is 8.72. The van der Waals surface area contributed by atoms with Crippen molar-refractivity contribution in [1.29, 1.82) is 0 Å². The first-order valence-electron chi connectivity index (χ1n) is 11.9. The molecule has 1 aliphatic heterocycles. The molecule has 0 fully saturated rings. The number of hydrogen-bond acceptors (Lipinski definition) is 4. The summed E-state index contributed by atoms with van der Waals surface area (Å²) in [6.45, 7) is -0.539. The average molecular weight is 623 g/mol. The van der Waals surface area contributed by atoms with Crippen molar-refractivity contribution in [3.8, 4) is 11.1 Å². The van der Waals surface area contributed by atoms with Gasteiger partial charge in [0, 0.05) is 40.8 Å². The molecule has 0 radical (unpaired) electrons. The van der Waals surface area contributed by atoms with E-state index in [2.05, 4.69) is 36.7 Å². The number of carbonyl (C=O) groups is 2. The number of aromatic nitrogens is 1. The van der Waals surface area contributed by atoms with E-state index >= 15 is 0 Å². The van der Waals surface area contributed by atoms with Crippen molar-refractivity contribution in [2.45, 2.75) is 24.7 Å². The van der Waals surface area contributed by atoms with Gasteiger partial charge in [-0.2, -0.15) is 13.2 Å². The highest BCUT2D eigenvalue weighted by Crippen LogP contribution is 2.32. The van der Waals surface area contributed by atoms with Crippen LogP contribution in [-0.2, 0) is 11.2 Å². The topological polar surface area (TPSA) is 86.5 Å². The Bertz CT molecular complexity index is 1510. The number of carbonyl (C=O) groups excluding carboxylic acids is 2. The van der Waals surface area contributed by atoms with Crippen LogP contribution in [0.5, 0.6) is 0 Å². The molecular weight excluding hydrogens is 601 g/mol. The maximum atomic E-state index is 14.3. The number of hydrogen-bond donors (Lipinski definition) is 2. The van der Waals surface area contributed by atoms with Gasteiger partial charge in [-0.1, -0.05) is 29.0 Å². The number of alkyl halides is 3. The molecule has 1 unspecified atom stereocenters. The summed E-state index contributed by atoms with van der Waals surface area (Å²) in [6, 6.07) is 9.93. The zero-order chi connectivity index (χ0) is 29.0. The highest BCUT2D eigenvalue weighted by Gasteiger charge is 2.46. The second-order valence-electron chi connectivity index (χ2n) is 8.81. The van der Waals surface area contributed by atoms with E-state index in [1.165, 1.54) is 43.6 Å². The summed E-state index contributed by atoms with van der Waals surface area (Å²) in [6.07, 6.45) is -2.24. The first kappa shape index (κ1) is 29.0. The van der Waals surface area contributed by atoms with Crippen molar-refractivity contribution in [2.24, 2.45) is 5.11 Å². The van der Waals surface area contributed by atoms with Gasteiger partial charge in [-0.25, -0.2) is 8.78 Å². The number of azo groups is 2. The Labute approximate surface area is 233 Å². The molecule has 2 atom stereocenters. The summed E-state index contributed by atoms with van der Waals surface area (Å²) in [5.41, 5.74) is 1.51. The summed E-state index contributed by atoms with van der Waals surface area (Å²) in [4.78, 5) is 29.7. The molecule has 13 heteroatoms. The molecule has 2 aromatic carbocycles. The van der Waals surface area contributed by atoms with E-state index < -0.39 is 48.3 Å². The van der Waals surface area contributed by atoms with Crippen LogP contribution in [-0.4, -0.2) is 47.3 Å². The Morgan fingerprint density at radius 2 is 1.88 bits per heavy atom. The van der Waals surface area contributed by atoms with Crippen LogP contribution in [0.25, 0.3) is 11.1 Å². The lowest BCUT2D eigenvalue weighted by Gasteiger charge is -2.21. The predicted molar refractivity (Wildman–Crippen MR) is 138 cm³/mol. The maximum absolute atomic E-state index is 14.3. The molecule has 0 saturated carbocycles. The van der Waals surface area contributed by atoms with Gasteiger partial charge in [-0.15, -0.1) is 0 Å². The number of pyridine rings is 1. The number of benzene rings is 2. The molecule has 4 rings (SSSR count). The van der Waals surface area contributed by atoms with Crippen LogP contribution in [0.4, 0.5) is 22.0 Å². The van der Waals surface area contributed by atoms with Gasteiger partial charge in [-0.05, 0) is 53.0 Å². The smallest absolute Gasteiger partial charge is 0.355 e. The van der Waals surface area contributed by atoms with Crippen molar-refractivity contribution < 1.29 is 36.2 Å². The number of nitrogens with one attached hydrogen (secondary N) is 2. The second-order valence-corrected chi connectivity index (χ2v) is 9.63. The lowest BCUT2D eigenvalue weighted by atomic mass is 9.94. The molecule has 208 valence electrons. The van der Waals surface area contributed by atoms with Gasteiger partial charge in [-0.3, -0.25) is 14.6 Å². The second kappa shape index (κ2) is 12.0. The minimum Gasteiger partial charge on any atom is -0.355 e. The number of nitrogens with zero attached hydrogens (tertiary/aromatic N) is 3. The van der Waals surface area contributed by atoms with Gasteiger partial charge in [0.15, 0.2) is 0 Å². The predicted octanol–water partition coefficient (Wildman–Crippen LogP) is 5.43. The van der Waals surface area contributed by atoms with Gasteiger partial charge >= 0.3 is 6.18 Å². The van der Waals surface area contributed by atoms with Gasteiger partial charge in [0.25, 0.3) is 23.0 Å². The van der Waals surface area contributed by atoms with Crippen molar-refractivity contribution >= 4 is 27.7 Å². The van der Waals surface area contributed by atoms with Crippen LogP contribution in [0.1, 0.15) is 27.7 Å². The Morgan fingerprint density at radius 3 is 2.55 bits per heavy atom. The first-order valence-corrected chi connectivity index (χ1v) is 12.7. The Hall–Kier alpha value is -4.00. The highest BCUT2D eigenvalue weighted by molar-refractivity contribution is 9.11. The van der Waals surface area contributed by atoms with E-state index in [0.717, 1.165) is 16.8 Å². The van der Waals surface area contributed by atoms with Crippen LogP contribution in [0.2, 0.25) is 0 Å². The van der Waals surface area contributed by atoms with Crippen molar-refractivity contribution in [3.05, 3.63) is 99.9 Å². The molecule has 1 aromatic heterocycles. The summed E-state index contributed by atoms with van der Waals surface area (Å²) < 4.78 is 68.5. The first-order chi connectivity index (χ1) is 19.0. The van der Waals surface area contributed by atoms with Crippen LogP contribution in [0.3, 0.4) is 0 Å². The summed E-state index contributed by atoms with van der Waals surface area (Å²) in [5, 5.41) is 8.67. The molecule has 0 saturated heterocycles. The fourth-order valence-corrected chi connectivity index (χ4v) is 4.63. The lowest BCUT2D eigenvalue weighted by Crippen LogP contribution is -2.35. The van der Waals surface area contributed by atoms with Crippen LogP contribution >= 0.6 is 15.9 Å². The van der Waals surface area contributed by atoms with Crippen molar-refractivity contribution in [3.63, 3.8) is 0 Å². The number of amides is 2. The van der Waals surface area contributed by atoms with Crippen molar-refractivity contribution in [2.75, 3.05) is 13.6 Å². The van der Waals surface area contributed by atoms with E-state index in [-0.39, 0.29) is 16.6 Å². The molecule has 40 heavy (non-hydrogen) atoms. The Balaban J connectivity index is 1.70. The van der Waals surface area contributed by atoms with E-state index in [4.69, 9.17) is 0 Å². The molecule has 0 aliphatic carbocycles. The summed E-state index contributed by atoms with van der Waals surface area (Å²) in [5.74, 6) is -2.55. The molecule has 7 nitrogen and oxygen atoms in total. The standard InChI is InChI=1S/C27H21BrF5N5O2/c1-34-26(40)19-12-16(7-8-20(19)30)18-6-3-9-35-25(18)21(11-15-4-2-5-17(29)10-15)36-24(39)14-38-23(28)13-22(37-38)27(31,32)33/h2-10,12-13,21-22H,11,14H2,1H3,(H-,34,36,39,40)/p+1/t21-,22?/m0/s1. The SMILES string of the molecule is CNC(=O)c1cc(-c2cccnc2[C@H](Cc2cccc(F)c2)NC(=O)C[N+]2=NC(C(F)(F)F)C=C2Br)ccc1F. The van der Waals surface area contributed by atoms with Crippen molar-refractivity contribution in [1.82, 2.24) is 15.6 Å². The molecule has 1 aliphatic rings. The average Bonchev–Trinajstić information content (AvgIpc) is 3.28. The van der Waals surface area contributed by atoms with Crippen LogP contribution in [0, 0.1) is 11.6 Å². The zero-order valence-corrected chi connectivity index (χ0v) is 22.4. The van der Waals surface area contributed by atoms with Gasteiger partial charge in [0.05, 0.1) is 17.3 Å². The molecule has 2 amide bonds. The maximum Gasteiger partial charge on any atom is 0.420 e. The van der Waals surface area contributed by atoms with Gasteiger partial charge in [0.1, 0.15) is 11.6 Å². The molecule has 0 bridgehead atoms. The third-order valence-electron chi connectivity index (χ3n) is 6.02. The van der Waals surface area contributed by atoms with Crippen LogP contribution < -0.4 is 10.6 Å². The third-order valence-corrected chi connectivity index (χ3v) is 6.69. The fraction of sp³-hybridized carbons (Fsp3) is 0.222. The summed E-state index contributed by atoms with van der Waals surface area (Å²) >= 11 is 3.01. The molecule has 0 spiro atoms. The van der Waals surface area contributed by atoms with E-state index in [1.807, 2.05) is 0 Å². The molecule has 2 N–H and O–H groups in total. The van der Waals surface area contributed by atoms with Gasteiger partial charge in [0.2, 0.25) is 6.04 Å². The molecular formula is C27H22BrF5N5O2+. The zero-order valence-electron chi connectivity index (χ0n) is 20.8. The quantitative estimate of drug-likeness (QED) is 0.199. The molecule has 2 heterocycles. The largest absolute Gasteiger partial charge is 0.420 e. The highest BCUT2D eigenvalue weighted by atomic mass is 79.9. The fourth-order valence-electron chi connectivity index (χ4n) is 4.16. The molecule has 3 aromatic rings.